The zero-order chi connectivity index (χ0) is 22.6. The Morgan fingerprint density at radius 3 is 2.56 bits per heavy atom. The second-order valence-electron chi connectivity index (χ2n) is 7.53. The van der Waals surface area contributed by atoms with Crippen molar-refractivity contribution in [2.24, 2.45) is 10.9 Å². The number of hydrogen-bond donors (Lipinski definition) is 3. The highest BCUT2D eigenvalue weighted by atomic mass is 127. The summed E-state index contributed by atoms with van der Waals surface area (Å²) >= 11 is 0. The van der Waals surface area contributed by atoms with Crippen LogP contribution in [0, 0.1) is 23.1 Å². The number of guanidine groups is 1. The average molecular weight is 557 g/mol. The van der Waals surface area contributed by atoms with Gasteiger partial charge < -0.3 is 21.1 Å². The number of ether oxygens (including phenoxy) is 1. The van der Waals surface area contributed by atoms with Gasteiger partial charge in [0.1, 0.15) is 23.3 Å². The fraction of sp³-hybridized carbons (Fsp3) is 0.500. The van der Waals surface area contributed by atoms with Crippen molar-refractivity contribution < 1.29 is 9.13 Å². The lowest BCUT2D eigenvalue weighted by Gasteiger charge is -2.12. The van der Waals surface area contributed by atoms with Gasteiger partial charge in [-0.2, -0.15) is 10.4 Å². The summed E-state index contributed by atoms with van der Waals surface area (Å²) in [5, 5.41) is 20.4. The van der Waals surface area contributed by atoms with Crippen LogP contribution in [0.3, 0.4) is 0 Å². The Hall–Kier alpha value is -2.39. The molecular weight excluding hydrogens is 524 g/mol. The summed E-state index contributed by atoms with van der Waals surface area (Å²) in [5.74, 6) is 1.25. The molecule has 0 aliphatic carbocycles. The standard InChI is InChI=1S/C22H32FN7O.HI/c1-16(2)10-13-31-14-12-28-22(26-3)27-11-4-5-20-19(15-24)21(25)30(29-20)18-8-6-17(23)7-9-18;/h6-9,16H,4-5,10-14,25H2,1-3H3,(H2,26,27,28);1H. The van der Waals surface area contributed by atoms with Crippen LogP contribution in [0.25, 0.3) is 5.69 Å². The highest BCUT2D eigenvalue weighted by Gasteiger charge is 2.16. The molecule has 0 spiro atoms. The third-order valence-corrected chi connectivity index (χ3v) is 4.66. The Kier molecular flexibility index (Phi) is 12.6. The summed E-state index contributed by atoms with van der Waals surface area (Å²) in [6, 6.07) is 7.95. The quantitative estimate of drug-likeness (QED) is 0.169. The van der Waals surface area contributed by atoms with Gasteiger partial charge in [0.25, 0.3) is 0 Å². The van der Waals surface area contributed by atoms with Crippen molar-refractivity contribution in [2.45, 2.75) is 33.1 Å². The largest absolute Gasteiger partial charge is 0.382 e. The second-order valence-corrected chi connectivity index (χ2v) is 7.53. The van der Waals surface area contributed by atoms with E-state index in [1.165, 1.54) is 16.8 Å². The van der Waals surface area contributed by atoms with Gasteiger partial charge in [0.05, 0.1) is 18.0 Å². The molecule has 0 aliphatic heterocycles. The molecule has 1 heterocycles. The molecule has 32 heavy (non-hydrogen) atoms. The summed E-state index contributed by atoms with van der Waals surface area (Å²) in [5.41, 5.74) is 7.67. The number of benzene rings is 1. The summed E-state index contributed by atoms with van der Waals surface area (Å²) in [7, 11) is 1.72. The third kappa shape index (κ3) is 8.63. The SMILES string of the molecule is CN=C(NCCCc1nn(-c2ccc(F)cc2)c(N)c1C#N)NCCOCCC(C)C.I. The first kappa shape index (κ1) is 27.6. The first-order chi connectivity index (χ1) is 15.0. The van der Waals surface area contributed by atoms with Crippen molar-refractivity contribution in [2.75, 3.05) is 39.1 Å². The molecule has 0 bridgehead atoms. The minimum atomic E-state index is -0.342. The number of aryl methyl sites for hydroxylation is 1. The Labute approximate surface area is 206 Å². The normalized spacial score (nSPS) is 11.2. The molecule has 2 rings (SSSR count). The number of aliphatic imine (C=N–C) groups is 1. The van der Waals surface area contributed by atoms with Gasteiger partial charge in [0, 0.05) is 26.7 Å². The number of anilines is 1. The molecule has 0 saturated carbocycles. The van der Waals surface area contributed by atoms with E-state index in [1.807, 2.05) is 0 Å². The van der Waals surface area contributed by atoms with Crippen molar-refractivity contribution in [1.82, 2.24) is 20.4 Å². The fourth-order valence-corrected chi connectivity index (χ4v) is 2.90. The monoisotopic (exact) mass is 557 g/mol. The Morgan fingerprint density at radius 2 is 1.94 bits per heavy atom. The zero-order valence-corrected chi connectivity index (χ0v) is 21.2. The van der Waals surface area contributed by atoms with E-state index >= 15 is 0 Å². The molecule has 0 unspecified atom stereocenters. The Balaban J connectivity index is 0.00000512. The second kappa shape index (κ2) is 14.6. The van der Waals surface area contributed by atoms with Gasteiger partial charge in [-0.25, -0.2) is 9.07 Å². The maximum absolute atomic E-state index is 13.2. The van der Waals surface area contributed by atoms with Gasteiger partial charge in [0.15, 0.2) is 5.96 Å². The van der Waals surface area contributed by atoms with E-state index in [2.05, 4.69) is 40.6 Å². The molecule has 176 valence electrons. The van der Waals surface area contributed by atoms with E-state index in [9.17, 15) is 9.65 Å². The van der Waals surface area contributed by atoms with Gasteiger partial charge in [-0.3, -0.25) is 4.99 Å². The number of nitriles is 1. The number of nitrogen functional groups attached to an aromatic ring is 1. The molecule has 0 atom stereocenters. The Bertz CT molecular complexity index is 891. The van der Waals surface area contributed by atoms with Crippen molar-refractivity contribution in [1.29, 1.82) is 5.26 Å². The maximum Gasteiger partial charge on any atom is 0.191 e. The van der Waals surface area contributed by atoms with Crippen LogP contribution >= 0.6 is 24.0 Å². The summed E-state index contributed by atoms with van der Waals surface area (Å²) in [4.78, 5) is 4.19. The van der Waals surface area contributed by atoms with E-state index in [1.54, 1.807) is 19.2 Å². The lowest BCUT2D eigenvalue weighted by molar-refractivity contribution is 0.128. The number of nitrogens with zero attached hydrogens (tertiary/aromatic N) is 4. The predicted molar refractivity (Wildman–Crippen MR) is 136 cm³/mol. The lowest BCUT2D eigenvalue weighted by atomic mass is 10.1. The minimum Gasteiger partial charge on any atom is -0.382 e. The van der Waals surface area contributed by atoms with Gasteiger partial charge >= 0.3 is 0 Å². The zero-order valence-electron chi connectivity index (χ0n) is 18.9. The number of rotatable bonds is 11. The fourth-order valence-electron chi connectivity index (χ4n) is 2.90. The van der Waals surface area contributed by atoms with Gasteiger partial charge in [0.2, 0.25) is 0 Å². The third-order valence-electron chi connectivity index (χ3n) is 4.66. The average Bonchev–Trinajstić information content (AvgIpc) is 3.07. The first-order valence-corrected chi connectivity index (χ1v) is 10.5. The van der Waals surface area contributed by atoms with Crippen LogP contribution in [0.4, 0.5) is 10.2 Å². The van der Waals surface area contributed by atoms with Crippen molar-refractivity contribution >= 4 is 35.8 Å². The predicted octanol–water partition coefficient (Wildman–Crippen LogP) is 3.24. The Morgan fingerprint density at radius 1 is 1.25 bits per heavy atom. The number of nitrogens with two attached hydrogens (primary N) is 1. The summed E-state index contributed by atoms with van der Waals surface area (Å²) in [6.45, 7) is 7.07. The number of nitrogens with one attached hydrogen (secondary N) is 2. The van der Waals surface area contributed by atoms with Crippen LogP contribution in [-0.4, -0.2) is 49.1 Å². The summed E-state index contributed by atoms with van der Waals surface area (Å²) in [6.07, 6.45) is 2.36. The first-order valence-electron chi connectivity index (χ1n) is 10.5. The molecule has 1 aromatic heterocycles. The van der Waals surface area contributed by atoms with Crippen LogP contribution in [0.1, 0.15) is 37.9 Å². The molecule has 4 N–H and O–H groups in total. The molecule has 0 aliphatic rings. The number of aromatic nitrogens is 2. The molecule has 8 nitrogen and oxygen atoms in total. The molecular formula is C22H33FIN7O. The van der Waals surface area contributed by atoms with Crippen LogP contribution in [-0.2, 0) is 11.2 Å². The van der Waals surface area contributed by atoms with E-state index in [0.717, 1.165) is 19.4 Å². The van der Waals surface area contributed by atoms with E-state index in [0.29, 0.717) is 54.9 Å². The van der Waals surface area contributed by atoms with E-state index in [-0.39, 0.29) is 35.6 Å². The van der Waals surface area contributed by atoms with Crippen molar-refractivity contribution in [3.8, 4) is 11.8 Å². The van der Waals surface area contributed by atoms with E-state index < -0.39 is 0 Å². The maximum atomic E-state index is 13.2. The smallest absolute Gasteiger partial charge is 0.191 e. The molecule has 10 heteroatoms. The highest BCUT2D eigenvalue weighted by Crippen LogP contribution is 2.21. The highest BCUT2D eigenvalue weighted by molar-refractivity contribution is 14.0. The number of halogens is 2. The number of hydrogen-bond acceptors (Lipinski definition) is 5. The molecule has 1 aromatic carbocycles. The molecule has 2 aromatic rings. The molecule has 0 fully saturated rings. The van der Waals surface area contributed by atoms with Crippen molar-refractivity contribution in [3.05, 3.63) is 41.3 Å². The topological polar surface area (TPSA) is 113 Å². The minimum absolute atomic E-state index is 0. The van der Waals surface area contributed by atoms with Crippen LogP contribution in [0.5, 0.6) is 0 Å². The van der Waals surface area contributed by atoms with E-state index in [4.69, 9.17) is 10.5 Å². The van der Waals surface area contributed by atoms with Crippen molar-refractivity contribution in [3.63, 3.8) is 0 Å². The van der Waals surface area contributed by atoms with Crippen LogP contribution in [0.2, 0.25) is 0 Å². The van der Waals surface area contributed by atoms with Gasteiger partial charge in [-0.05, 0) is 49.4 Å². The molecule has 0 amide bonds. The van der Waals surface area contributed by atoms with Gasteiger partial charge in [-0.15, -0.1) is 24.0 Å². The summed E-state index contributed by atoms with van der Waals surface area (Å²) < 4.78 is 20.2. The molecule has 0 radical (unpaired) electrons. The molecule has 0 saturated heterocycles. The van der Waals surface area contributed by atoms with Gasteiger partial charge in [-0.1, -0.05) is 13.8 Å². The lowest BCUT2D eigenvalue weighted by Crippen LogP contribution is -2.39. The van der Waals surface area contributed by atoms with Crippen LogP contribution < -0.4 is 16.4 Å². The van der Waals surface area contributed by atoms with Crippen LogP contribution in [0.15, 0.2) is 29.3 Å².